The highest BCUT2D eigenvalue weighted by molar-refractivity contribution is 5.92. The van der Waals surface area contributed by atoms with Crippen LogP contribution in [-0.4, -0.2) is 21.7 Å². The Morgan fingerprint density at radius 1 is 1.14 bits per heavy atom. The summed E-state index contributed by atoms with van der Waals surface area (Å²) in [6.07, 6.45) is 0. The summed E-state index contributed by atoms with van der Waals surface area (Å²) in [5, 5.41) is 5.61. The van der Waals surface area contributed by atoms with E-state index in [2.05, 4.69) is 31.4 Å². The van der Waals surface area contributed by atoms with Crippen molar-refractivity contribution in [2.45, 2.75) is 20.8 Å². The fourth-order valence-electron chi connectivity index (χ4n) is 2.11. The Balaban J connectivity index is 2.18. The van der Waals surface area contributed by atoms with Crippen molar-refractivity contribution in [2.75, 3.05) is 11.9 Å². The van der Waals surface area contributed by atoms with Crippen molar-refractivity contribution >= 4 is 22.8 Å². The third kappa shape index (κ3) is 3.26. The molecule has 0 saturated carbocycles. The summed E-state index contributed by atoms with van der Waals surface area (Å²) in [5.74, 6) is 0. The molecule has 0 radical (unpaired) electrons. The minimum atomic E-state index is -0.245. The Labute approximate surface area is 123 Å². The third-order valence-corrected chi connectivity index (χ3v) is 3.31. The molecule has 1 aromatic carbocycles. The third-order valence-electron chi connectivity index (χ3n) is 3.31. The molecule has 6 nitrogen and oxygen atoms in total. The van der Waals surface area contributed by atoms with Gasteiger partial charge in [0, 0.05) is 26.3 Å². The number of carbonyl (C=O) groups excluding carboxylic acids is 1. The van der Waals surface area contributed by atoms with Crippen LogP contribution in [0.5, 0.6) is 0 Å². The van der Waals surface area contributed by atoms with E-state index in [9.17, 15) is 9.59 Å². The van der Waals surface area contributed by atoms with Gasteiger partial charge in [0.05, 0.1) is 11.0 Å². The first-order chi connectivity index (χ1) is 9.69. The number of urea groups is 1. The predicted molar refractivity (Wildman–Crippen MR) is 84.6 cm³/mol. The zero-order valence-corrected chi connectivity index (χ0v) is 13.2. The molecule has 0 aliphatic heterocycles. The average Bonchev–Trinajstić information content (AvgIpc) is 2.61. The van der Waals surface area contributed by atoms with Crippen LogP contribution in [-0.2, 0) is 14.1 Å². The molecule has 0 saturated heterocycles. The number of carbonyl (C=O) groups is 1. The van der Waals surface area contributed by atoms with Gasteiger partial charge >= 0.3 is 11.7 Å². The first-order valence-corrected chi connectivity index (χ1v) is 6.89. The minimum Gasteiger partial charge on any atom is -0.337 e. The molecule has 0 unspecified atom stereocenters. The van der Waals surface area contributed by atoms with Crippen LogP contribution in [0.2, 0.25) is 0 Å². The van der Waals surface area contributed by atoms with Gasteiger partial charge in [-0.05, 0) is 23.6 Å². The van der Waals surface area contributed by atoms with Crippen molar-refractivity contribution in [3.63, 3.8) is 0 Å². The first kappa shape index (κ1) is 15.2. The van der Waals surface area contributed by atoms with E-state index in [1.165, 1.54) is 0 Å². The lowest BCUT2D eigenvalue weighted by molar-refractivity contribution is 0.247. The van der Waals surface area contributed by atoms with E-state index < -0.39 is 0 Å². The molecule has 2 N–H and O–H groups in total. The highest BCUT2D eigenvalue weighted by atomic mass is 16.2. The summed E-state index contributed by atoms with van der Waals surface area (Å²) in [5.41, 5.74) is 2.23. The van der Waals surface area contributed by atoms with Gasteiger partial charge in [0.15, 0.2) is 0 Å². The van der Waals surface area contributed by atoms with Gasteiger partial charge in [-0.2, -0.15) is 0 Å². The Hall–Kier alpha value is -2.24. The van der Waals surface area contributed by atoms with Crippen LogP contribution in [0.25, 0.3) is 11.0 Å². The highest BCUT2D eigenvalue weighted by Crippen LogP contribution is 2.17. The largest absolute Gasteiger partial charge is 0.337 e. The Morgan fingerprint density at radius 2 is 1.76 bits per heavy atom. The SMILES string of the molecule is Cn1c(=O)n(C)c2cc(NC(=O)NCC(C)(C)C)ccc21. The fourth-order valence-corrected chi connectivity index (χ4v) is 2.11. The van der Waals surface area contributed by atoms with Crippen molar-refractivity contribution in [1.29, 1.82) is 0 Å². The average molecular weight is 290 g/mol. The topological polar surface area (TPSA) is 68.1 Å². The van der Waals surface area contributed by atoms with Crippen LogP contribution in [0.1, 0.15) is 20.8 Å². The summed E-state index contributed by atoms with van der Waals surface area (Å²) >= 11 is 0. The molecule has 6 heteroatoms. The van der Waals surface area contributed by atoms with Crippen LogP contribution in [0.15, 0.2) is 23.0 Å². The molecule has 2 aromatic rings. The minimum absolute atomic E-state index is 0.0324. The van der Waals surface area contributed by atoms with Crippen molar-refractivity contribution in [1.82, 2.24) is 14.5 Å². The van der Waals surface area contributed by atoms with E-state index in [0.717, 1.165) is 11.0 Å². The number of aromatic nitrogens is 2. The van der Waals surface area contributed by atoms with Gasteiger partial charge in [0.25, 0.3) is 0 Å². The standard InChI is InChI=1S/C15H22N4O2/c1-15(2,3)9-16-13(20)17-10-6-7-11-12(8-10)19(5)14(21)18(11)4/h6-8H,9H2,1-5H3,(H2,16,17,20). The van der Waals surface area contributed by atoms with Gasteiger partial charge in [0.2, 0.25) is 0 Å². The van der Waals surface area contributed by atoms with Gasteiger partial charge in [-0.3, -0.25) is 9.13 Å². The molecule has 1 aromatic heterocycles. The maximum absolute atomic E-state index is 11.9. The zero-order chi connectivity index (χ0) is 15.8. The van der Waals surface area contributed by atoms with Crippen molar-refractivity contribution in [2.24, 2.45) is 19.5 Å². The molecule has 21 heavy (non-hydrogen) atoms. The van der Waals surface area contributed by atoms with Crippen molar-refractivity contribution in [3.8, 4) is 0 Å². The maximum atomic E-state index is 11.9. The second-order valence-corrected chi connectivity index (χ2v) is 6.47. The summed E-state index contributed by atoms with van der Waals surface area (Å²) in [6.45, 7) is 6.75. The van der Waals surface area contributed by atoms with E-state index in [1.54, 1.807) is 35.4 Å². The van der Waals surface area contributed by atoms with E-state index in [1.807, 2.05) is 6.07 Å². The smallest absolute Gasteiger partial charge is 0.328 e. The normalized spacial score (nSPS) is 11.7. The number of benzene rings is 1. The van der Waals surface area contributed by atoms with Crippen molar-refractivity contribution < 1.29 is 4.79 Å². The summed E-state index contributed by atoms with van der Waals surface area (Å²) in [7, 11) is 3.45. The number of fused-ring (bicyclic) bond motifs is 1. The quantitative estimate of drug-likeness (QED) is 0.888. The van der Waals surface area contributed by atoms with Gasteiger partial charge in [-0.25, -0.2) is 9.59 Å². The van der Waals surface area contributed by atoms with Crippen LogP contribution in [0.4, 0.5) is 10.5 Å². The molecule has 114 valence electrons. The lowest BCUT2D eigenvalue weighted by Crippen LogP contribution is -2.35. The first-order valence-electron chi connectivity index (χ1n) is 6.89. The predicted octanol–water partition coefficient (Wildman–Crippen LogP) is 2.04. The summed E-state index contributed by atoms with van der Waals surface area (Å²) in [4.78, 5) is 23.7. The molecule has 0 aliphatic carbocycles. The molecule has 2 rings (SSSR count). The Morgan fingerprint density at radius 3 is 2.38 bits per heavy atom. The van der Waals surface area contributed by atoms with Crippen LogP contribution >= 0.6 is 0 Å². The summed E-state index contributed by atoms with van der Waals surface area (Å²) < 4.78 is 3.15. The Kier molecular flexibility index (Phi) is 3.80. The molecule has 0 aliphatic rings. The fraction of sp³-hybridized carbons (Fsp3) is 0.467. The van der Waals surface area contributed by atoms with E-state index in [4.69, 9.17) is 0 Å². The van der Waals surface area contributed by atoms with Crippen LogP contribution < -0.4 is 16.3 Å². The molecule has 0 bridgehead atoms. The number of hydrogen-bond acceptors (Lipinski definition) is 2. The second kappa shape index (κ2) is 5.27. The van der Waals surface area contributed by atoms with E-state index >= 15 is 0 Å². The molecular weight excluding hydrogens is 268 g/mol. The number of nitrogens with one attached hydrogen (secondary N) is 2. The van der Waals surface area contributed by atoms with Gasteiger partial charge in [0.1, 0.15) is 0 Å². The molecule has 2 amide bonds. The maximum Gasteiger partial charge on any atom is 0.328 e. The number of imidazole rings is 1. The zero-order valence-electron chi connectivity index (χ0n) is 13.2. The molecule has 1 heterocycles. The van der Waals surface area contributed by atoms with Crippen LogP contribution in [0, 0.1) is 5.41 Å². The lowest BCUT2D eigenvalue weighted by atomic mass is 9.97. The van der Waals surface area contributed by atoms with Crippen molar-refractivity contribution in [3.05, 3.63) is 28.7 Å². The number of anilines is 1. The van der Waals surface area contributed by atoms with E-state index in [-0.39, 0.29) is 17.1 Å². The second-order valence-electron chi connectivity index (χ2n) is 6.47. The molecular formula is C15H22N4O2. The van der Waals surface area contributed by atoms with Gasteiger partial charge < -0.3 is 10.6 Å². The number of aryl methyl sites for hydroxylation is 2. The van der Waals surface area contributed by atoms with Crippen LogP contribution in [0.3, 0.4) is 0 Å². The number of rotatable bonds is 2. The molecule has 0 atom stereocenters. The highest BCUT2D eigenvalue weighted by Gasteiger charge is 2.13. The molecule has 0 fully saturated rings. The number of amides is 2. The van der Waals surface area contributed by atoms with Gasteiger partial charge in [-0.15, -0.1) is 0 Å². The number of nitrogens with zero attached hydrogens (tertiary/aromatic N) is 2. The van der Waals surface area contributed by atoms with Gasteiger partial charge in [-0.1, -0.05) is 20.8 Å². The Bertz CT molecular complexity index is 734. The monoisotopic (exact) mass is 290 g/mol. The number of hydrogen-bond donors (Lipinski definition) is 2. The molecule has 0 spiro atoms. The lowest BCUT2D eigenvalue weighted by Gasteiger charge is -2.18. The summed E-state index contributed by atoms with van der Waals surface area (Å²) in [6, 6.07) is 5.17. The van der Waals surface area contributed by atoms with E-state index in [0.29, 0.717) is 12.2 Å².